The van der Waals surface area contributed by atoms with E-state index >= 15 is 0 Å². The first-order valence-electron chi connectivity index (χ1n) is 11.4. The highest BCUT2D eigenvalue weighted by molar-refractivity contribution is 5.99. The zero-order valence-electron chi connectivity index (χ0n) is 19.8. The first-order chi connectivity index (χ1) is 16.2. The summed E-state index contributed by atoms with van der Waals surface area (Å²) < 4.78 is 21.6. The van der Waals surface area contributed by atoms with Crippen LogP contribution in [0.1, 0.15) is 37.9 Å². The number of aliphatic hydroxyl groups is 1. The molecule has 0 radical (unpaired) electrons. The van der Waals surface area contributed by atoms with Crippen LogP contribution >= 0.6 is 0 Å². The van der Waals surface area contributed by atoms with Crippen molar-refractivity contribution in [3.63, 3.8) is 0 Å². The summed E-state index contributed by atoms with van der Waals surface area (Å²) in [5.74, 6) is -0.452. The van der Waals surface area contributed by atoms with E-state index in [4.69, 9.17) is 4.74 Å². The Bertz CT molecular complexity index is 1360. The van der Waals surface area contributed by atoms with Crippen molar-refractivity contribution < 1.29 is 19.0 Å². The van der Waals surface area contributed by atoms with Crippen LogP contribution in [0.25, 0.3) is 27.5 Å². The Labute approximate surface area is 197 Å². The number of halogens is 1. The van der Waals surface area contributed by atoms with Gasteiger partial charge in [-0.25, -0.2) is 4.39 Å². The van der Waals surface area contributed by atoms with Crippen molar-refractivity contribution in [2.45, 2.75) is 38.2 Å². The van der Waals surface area contributed by atoms with Crippen molar-refractivity contribution in [1.29, 1.82) is 0 Å². The molecule has 1 aliphatic rings. The summed E-state index contributed by atoms with van der Waals surface area (Å²) in [6, 6.07) is 10.7. The van der Waals surface area contributed by atoms with Gasteiger partial charge in [0.25, 0.3) is 5.91 Å². The number of rotatable bonds is 6. The largest absolute Gasteiger partial charge is 0.384 e. The van der Waals surface area contributed by atoms with Crippen molar-refractivity contribution in [3.8, 4) is 5.69 Å². The van der Waals surface area contributed by atoms with Gasteiger partial charge in [0.15, 0.2) is 0 Å². The number of nitrogens with zero attached hydrogens (tertiary/aromatic N) is 3. The second-order valence-electron chi connectivity index (χ2n) is 9.83. The Morgan fingerprint density at radius 1 is 1.29 bits per heavy atom. The highest BCUT2D eigenvalue weighted by Gasteiger charge is 2.40. The van der Waals surface area contributed by atoms with Gasteiger partial charge in [0.2, 0.25) is 0 Å². The van der Waals surface area contributed by atoms with E-state index < -0.39 is 6.10 Å². The molecule has 1 saturated heterocycles. The molecule has 0 spiro atoms. The number of benzene rings is 2. The van der Waals surface area contributed by atoms with E-state index in [9.17, 15) is 14.3 Å². The molecule has 0 bridgehead atoms. The standard InChI is InChI=1S/C26H29FN4O3/c1-15(32)25(33)30-12-17(13-30)23-20-10-21-16(11-28-29-21)9-22(20)31(19-7-5-18(27)6-8-19)24(23)26(2,3)14-34-4/h5-11,15,17,32H,12-14H2,1-4H3,(H,28,29). The van der Waals surface area contributed by atoms with Gasteiger partial charge < -0.3 is 19.3 Å². The van der Waals surface area contributed by atoms with E-state index in [1.807, 2.05) is 0 Å². The predicted molar refractivity (Wildman–Crippen MR) is 129 cm³/mol. The summed E-state index contributed by atoms with van der Waals surface area (Å²) in [5.41, 5.74) is 4.62. The average molecular weight is 465 g/mol. The molecule has 1 atom stereocenters. The van der Waals surface area contributed by atoms with Crippen LogP contribution in [0.15, 0.2) is 42.6 Å². The molecule has 0 aliphatic carbocycles. The summed E-state index contributed by atoms with van der Waals surface area (Å²) in [6.45, 7) is 7.32. The lowest BCUT2D eigenvalue weighted by Gasteiger charge is -2.42. The third-order valence-corrected chi connectivity index (χ3v) is 6.76. The number of likely N-dealkylation sites (tertiary alicyclic amines) is 1. The second kappa shape index (κ2) is 8.21. The molecule has 1 unspecified atom stereocenters. The molecule has 178 valence electrons. The summed E-state index contributed by atoms with van der Waals surface area (Å²) in [7, 11) is 1.69. The SMILES string of the molecule is COCC(C)(C)c1c(C2CN(C(=O)C(C)O)C2)c2cc3[nH]ncc3cc2n1-c1ccc(F)cc1. The number of hydrogen-bond acceptors (Lipinski definition) is 4. The molecule has 8 heteroatoms. The molecule has 4 aromatic rings. The molecule has 7 nitrogen and oxygen atoms in total. The van der Waals surface area contributed by atoms with Gasteiger partial charge in [-0.3, -0.25) is 9.89 Å². The monoisotopic (exact) mass is 464 g/mol. The Kier molecular flexibility index (Phi) is 5.45. The molecule has 34 heavy (non-hydrogen) atoms. The van der Waals surface area contributed by atoms with Gasteiger partial charge in [-0.05, 0) is 48.9 Å². The number of aromatic amines is 1. The number of carbonyl (C=O) groups is 1. The second-order valence-corrected chi connectivity index (χ2v) is 9.83. The summed E-state index contributed by atoms with van der Waals surface area (Å²) in [6.07, 6.45) is 0.776. The third-order valence-electron chi connectivity index (χ3n) is 6.76. The number of aliphatic hydroxyl groups excluding tert-OH is 1. The molecular weight excluding hydrogens is 435 g/mol. The van der Waals surface area contributed by atoms with E-state index in [2.05, 4.69) is 40.7 Å². The van der Waals surface area contributed by atoms with Crippen LogP contribution in [0, 0.1) is 5.82 Å². The summed E-state index contributed by atoms with van der Waals surface area (Å²) >= 11 is 0. The normalized spacial score (nSPS) is 15.8. The topological polar surface area (TPSA) is 83.4 Å². The van der Waals surface area contributed by atoms with Crippen LogP contribution in [0.4, 0.5) is 4.39 Å². The number of nitrogens with one attached hydrogen (secondary N) is 1. The minimum absolute atomic E-state index is 0.0957. The number of fused-ring (bicyclic) bond motifs is 2. The van der Waals surface area contributed by atoms with Gasteiger partial charge >= 0.3 is 0 Å². The average Bonchev–Trinajstić information content (AvgIpc) is 3.34. The Balaban J connectivity index is 1.78. The van der Waals surface area contributed by atoms with Crippen molar-refractivity contribution in [3.05, 3.63) is 59.7 Å². The van der Waals surface area contributed by atoms with E-state index in [0.29, 0.717) is 19.7 Å². The minimum Gasteiger partial charge on any atom is -0.384 e. The fourth-order valence-electron chi connectivity index (χ4n) is 5.22. The van der Waals surface area contributed by atoms with E-state index in [1.54, 1.807) is 30.3 Å². The molecule has 5 rings (SSSR count). The molecule has 1 aliphatic heterocycles. The zero-order valence-corrected chi connectivity index (χ0v) is 19.8. The quantitative estimate of drug-likeness (QED) is 0.454. The molecule has 1 fully saturated rings. The van der Waals surface area contributed by atoms with E-state index in [1.165, 1.54) is 19.1 Å². The lowest BCUT2D eigenvalue weighted by Crippen LogP contribution is -2.52. The first-order valence-corrected chi connectivity index (χ1v) is 11.4. The van der Waals surface area contributed by atoms with Crippen LogP contribution in [0.5, 0.6) is 0 Å². The molecule has 2 N–H and O–H groups in total. The maximum absolute atomic E-state index is 13.8. The smallest absolute Gasteiger partial charge is 0.251 e. The van der Waals surface area contributed by atoms with Crippen molar-refractivity contribution in [1.82, 2.24) is 19.7 Å². The van der Waals surface area contributed by atoms with Crippen molar-refractivity contribution in [2.75, 3.05) is 26.8 Å². The third kappa shape index (κ3) is 3.58. The van der Waals surface area contributed by atoms with E-state index in [-0.39, 0.29) is 23.1 Å². The number of methoxy groups -OCH3 is 1. The number of amides is 1. The number of ether oxygens (including phenoxy) is 1. The van der Waals surface area contributed by atoms with Crippen LogP contribution < -0.4 is 0 Å². The molecule has 1 amide bonds. The predicted octanol–water partition coefficient (Wildman–Crippen LogP) is 3.88. The van der Waals surface area contributed by atoms with Gasteiger partial charge in [-0.2, -0.15) is 5.10 Å². The maximum Gasteiger partial charge on any atom is 0.251 e. The van der Waals surface area contributed by atoms with Crippen LogP contribution in [0.3, 0.4) is 0 Å². The minimum atomic E-state index is -1.02. The number of carbonyl (C=O) groups excluding carboxylic acids is 1. The van der Waals surface area contributed by atoms with Gasteiger partial charge in [-0.15, -0.1) is 0 Å². The molecule has 2 aromatic carbocycles. The number of H-pyrrole nitrogens is 1. The molecular formula is C26H29FN4O3. The maximum atomic E-state index is 13.8. The van der Waals surface area contributed by atoms with Crippen LogP contribution in [-0.2, 0) is 14.9 Å². The zero-order chi connectivity index (χ0) is 24.2. The Morgan fingerprint density at radius 2 is 2.00 bits per heavy atom. The molecule has 2 aromatic heterocycles. The van der Waals surface area contributed by atoms with Crippen LogP contribution in [-0.4, -0.2) is 63.6 Å². The number of aromatic nitrogens is 3. The first kappa shape index (κ1) is 22.6. The Morgan fingerprint density at radius 3 is 2.65 bits per heavy atom. The van der Waals surface area contributed by atoms with Crippen molar-refractivity contribution in [2.24, 2.45) is 0 Å². The molecule has 3 heterocycles. The summed E-state index contributed by atoms with van der Waals surface area (Å²) in [4.78, 5) is 14.0. The van der Waals surface area contributed by atoms with Gasteiger partial charge in [-0.1, -0.05) is 13.8 Å². The lowest BCUT2D eigenvalue weighted by molar-refractivity contribution is -0.143. The fraction of sp³-hybridized carbons (Fsp3) is 0.385. The van der Waals surface area contributed by atoms with Gasteiger partial charge in [0.1, 0.15) is 11.9 Å². The highest BCUT2D eigenvalue weighted by atomic mass is 19.1. The highest BCUT2D eigenvalue weighted by Crippen LogP contribution is 2.44. The fourth-order valence-corrected chi connectivity index (χ4v) is 5.22. The summed E-state index contributed by atoms with van der Waals surface area (Å²) in [5, 5.41) is 19.1. The van der Waals surface area contributed by atoms with Crippen molar-refractivity contribution >= 4 is 27.7 Å². The number of hydrogen-bond donors (Lipinski definition) is 2. The lowest BCUT2D eigenvalue weighted by atomic mass is 9.80. The molecule has 0 saturated carbocycles. The van der Waals surface area contributed by atoms with Crippen LogP contribution in [0.2, 0.25) is 0 Å². The van der Waals surface area contributed by atoms with E-state index in [0.717, 1.165) is 38.8 Å². The Hall–Kier alpha value is -3.23. The van der Waals surface area contributed by atoms with Gasteiger partial charge in [0, 0.05) is 53.7 Å². The van der Waals surface area contributed by atoms with Gasteiger partial charge in [0.05, 0.1) is 23.8 Å².